The van der Waals surface area contributed by atoms with Gasteiger partial charge in [0.1, 0.15) is 11.8 Å². The molecule has 0 aliphatic rings. The molecule has 0 aliphatic heterocycles. The Morgan fingerprint density at radius 3 is 2.21 bits per heavy atom. The van der Waals surface area contributed by atoms with Gasteiger partial charge in [-0.25, -0.2) is 8.42 Å². The molecule has 0 fully saturated rings. The summed E-state index contributed by atoms with van der Waals surface area (Å²) in [5, 5.41) is 6.00. The molecule has 3 aromatic carbocycles. The molecule has 0 aliphatic carbocycles. The van der Waals surface area contributed by atoms with E-state index in [1.54, 1.807) is 43.3 Å². The summed E-state index contributed by atoms with van der Waals surface area (Å²) in [6, 6.07) is 14.6. The first-order valence-corrected chi connectivity index (χ1v) is 14.0. The summed E-state index contributed by atoms with van der Waals surface area (Å²) in [6.07, 6.45) is 0.346. The number of benzene rings is 3. The fourth-order valence-electron chi connectivity index (χ4n) is 3.68. The molecule has 8 nitrogen and oxygen atoms in total. The molecule has 0 aromatic heterocycles. The van der Waals surface area contributed by atoms with Gasteiger partial charge in [0, 0.05) is 16.4 Å². The summed E-state index contributed by atoms with van der Waals surface area (Å²) in [4.78, 5) is 26.1. The van der Waals surface area contributed by atoms with Crippen LogP contribution in [0, 0.1) is 12.8 Å². The number of methoxy groups -OCH3 is 1. The Labute approximate surface area is 232 Å². The fourth-order valence-corrected chi connectivity index (χ4v) is 5.50. The predicted octanol–water partition coefficient (Wildman–Crippen LogP) is 5.89. The minimum absolute atomic E-state index is 0.00325. The zero-order valence-corrected chi connectivity index (χ0v) is 23.7. The van der Waals surface area contributed by atoms with Crippen LogP contribution in [0.1, 0.15) is 36.2 Å². The van der Waals surface area contributed by atoms with Crippen molar-refractivity contribution in [1.29, 1.82) is 0 Å². The molecule has 2 amide bonds. The summed E-state index contributed by atoms with van der Waals surface area (Å²) < 4.78 is 33.9. The molecule has 0 radical (unpaired) electrons. The topological polar surface area (TPSA) is 114 Å². The molecule has 3 rings (SSSR count). The van der Waals surface area contributed by atoms with E-state index in [4.69, 9.17) is 27.9 Å². The van der Waals surface area contributed by atoms with Crippen LogP contribution < -0.4 is 20.1 Å². The predicted molar refractivity (Wildman–Crippen MR) is 151 cm³/mol. The first kappa shape index (κ1) is 29.3. The van der Waals surface area contributed by atoms with Gasteiger partial charge in [0.25, 0.3) is 15.9 Å². The summed E-state index contributed by atoms with van der Waals surface area (Å²) in [5.74, 6) is -0.347. The summed E-state index contributed by atoms with van der Waals surface area (Å²) in [6.45, 7) is 5.50. The number of amides is 2. The minimum Gasteiger partial charge on any atom is -0.497 e. The van der Waals surface area contributed by atoms with Crippen molar-refractivity contribution < 1.29 is 22.7 Å². The zero-order valence-electron chi connectivity index (χ0n) is 21.3. The lowest BCUT2D eigenvalue weighted by atomic mass is 10.0. The number of carbonyl (C=O) groups excluding carboxylic acids is 2. The van der Waals surface area contributed by atoms with E-state index in [1.165, 1.54) is 31.4 Å². The van der Waals surface area contributed by atoms with E-state index in [0.29, 0.717) is 28.4 Å². The molecule has 0 bridgehead atoms. The van der Waals surface area contributed by atoms with E-state index in [1.807, 2.05) is 13.8 Å². The fraction of sp³-hybridized carbons (Fsp3) is 0.259. The highest BCUT2D eigenvalue weighted by molar-refractivity contribution is 7.92. The Bertz CT molecular complexity index is 1430. The third-order valence-electron chi connectivity index (χ3n) is 5.59. The maximum Gasteiger partial charge on any atom is 0.262 e. The van der Waals surface area contributed by atoms with Crippen LogP contribution in [0.2, 0.25) is 10.0 Å². The van der Waals surface area contributed by atoms with E-state index >= 15 is 0 Å². The van der Waals surface area contributed by atoms with Crippen molar-refractivity contribution in [3.63, 3.8) is 0 Å². The number of halogens is 2. The van der Waals surface area contributed by atoms with Crippen molar-refractivity contribution in [2.45, 2.75) is 38.1 Å². The van der Waals surface area contributed by atoms with Gasteiger partial charge in [-0.3, -0.25) is 14.3 Å². The first-order chi connectivity index (χ1) is 17.9. The molecular weight excluding hydrogens is 549 g/mol. The average Bonchev–Trinajstić information content (AvgIpc) is 2.84. The monoisotopic (exact) mass is 577 g/mol. The number of sulfonamides is 1. The average molecular weight is 579 g/mol. The number of rotatable bonds is 10. The van der Waals surface area contributed by atoms with Gasteiger partial charge < -0.3 is 15.4 Å². The molecule has 38 heavy (non-hydrogen) atoms. The van der Waals surface area contributed by atoms with Gasteiger partial charge in [-0.05, 0) is 79.4 Å². The van der Waals surface area contributed by atoms with Gasteiger partial charge >= 0.3 is 0 Å². The largest absolute Gasteiger partial charge is 0.497 e. The van der Waals surface area contributed by atoms with Crippen LogP contribution in [0.5, 0.6) is 5.75 Å². The standard InChI is InChI=1S/C27H29Cl2N3O5S/c1-16(2)13-24(31-26(33)22-12-6-18(28)14-23(22)29)27(34)30-20-7-5-17(3)25(15-20)38(35,36)32-19-8-10-21(37-4)11-9-19/h5-12,14-16,24,32H,13H2,1-4H3,(H,30,34)(H,31,33). The van der Waals surface area contributed by atoms with Crippen molar-refractivity contribution >= 4 is 56.4 Å². The second-order valence-electron chi connectivity index (χ2n) is 9.08. The molecule has 3 aromatic rings. The zero-order chi connectivity index (χ0) is 28.0. The third-order valence-corrected chi connectivity index (χ3v) is 7.66. The summed E-state index contributed by atoms with van der Waals surface area (Å²) >= 11 is 12.1. The van der Waals surface area contributed by atoms with Crippen molar-refractivity contribution in [3.05, 3.63) is 81.8 Å². The Balaban J connectivity index is 1.80. The molecule has 0 saturated heterocycles. The number of aryl methyl sites for hydroxylation is 1. The Hall–Kier alpha value is -3.27. The molecule has 0 spiro atoms. The highest BCUT2D eigenvalue weighted by Crippen LogP contribution is 2.25. The van der Waals surface area contributed by atoms with Crippen LogP contribution in [-0.2, 0) is 14.8 Å². The van der Waals surface area contributed by atoms with Crippen LogP contribution >= 0.6 is 23.2 Å². The lowest BCUT2D eigenvalue weighted by Gasteiger charge is -2.21. The second-order valence-corrected chi connectivity index (χ2v) is 11.6. The Morgan fingerprint density at radius 1 is 0.947 bits per heavy atom. The lowest BCUT2D eigenvalue weighted by molar-refractivity contribution is -0.118. The maximum absolute atomic E-state index is 13.2. The number of nitrogens with one attached hydrogen (secondary N) is 3. The Kier molecular flexibility index (Phi) is 9.65. The molecule has 1 atom stereocenters. The van der Waals surface area contributed by atoms with Crippen LogP contribution in [0.25, 0.3) is 0 Å². The smallest absolute Gasteiger partial charge is 0.262 e. The van der Waals surface area contributed by atoms with Crippen LogP contribution in [0.3, 0.4) is 0 Å². The Morgan fingerprint density at radius 2 is 1.61 bits per heavy atom. The quantitative estimate of drug-likeness (QED) is 0.278. The molecule has 1 unspecified atom stereocenters. The lowest BCUT2D eigenvalue weighted by Crippen LogP contribution is -2.44. The van der Waals surface area contributed by atoms with Gasteiger partial charge in [-0.2, -0.15) is 0 Å². The van der Waals surface area contributed by atoms with Gasteiger partial charge in [0.2, 0.25) is 5.91 Å². The highest BCUT2D eigenvalue weighted by Gasteiger charge is 2.25. The van der Waals surface area contributed by atoms with Gasteiger partial charge in [0.05, 0.1) is 22.6 Å². The number of carbonyl (C=O) groups is 2. The van der Waals surface area contributed by atoms with Crippen molar-refractivity contribution in [2.24, 2.45) is 5.92 Å². The number of ether oxygens (including phenoxy) is 1. The molecule has 0 heterocycles. The molecule has 0 saturated carbocycles. The van der Waals surface area contributed by atoms with E-state index in [2.05, 4.69) is 15.4 Å². The van der Waals surface area contributed by atoms with Gasteiger partial charge in [0.15, 0.2) is 0 Å². The molecular formula is C27H29Cl2N3O5S. The maximum atomic E-state index is 13.2. The number of anilines is 2. The molecule has 11 heteroatoms. The second kappa shape index (κ2) is 12.5. The number of hydrogen-bond donors (Lipinski definition) is 3. The van der Waals surface area contributed by atoms with Crippen LogP contribution in [0.4, 0.5) is 11.4 Å². The van der Waals surface area contributed by atoms with E-state index in [9.17, 15) is 18.0 Å². The van der Waals surface area contributed by atoms with E-state index in [0.717, 1.165) is 0 Å². The highest BCUT2D eigenvalue weighted by atomic mass is 35.5. The third kappa shape index (κ3) is 7.63. The molecule has 3 N–H and O–H groups in total. The van der Waals surface area contributed by atoms with Crippen LogP contribution in [0.15, 0.2) is 65.6 Å². The minimum atomic E-state index is -3.96. The number of hydrogen-bond acceptors (Lipinski definition) is 5. The van der Waals surface area contributed by atoms with E-state index < -0.39 is 27.9 Å². The summed E-state index contributed by atoms with van der Waals surface area (Å²) in [7, 11) is -2.44. The van der Waals surface area contributed by atoms with Crippen LogP contribution in [-0.4, -0.2) is 33.4 Å². The van der Waals surface area contributed by atoms with Gasteiger partial charge in [-0.15, -0.1) is 0 Å². The van der Waals surface area contributed by atoms with Crippen molar-refractivity contribution in [1.82, 2.24) is 5.32 Å². The van der Waals surface area contributed by atoms with Crippen molar-refractivity contribution in [2.75, 3.05) is 17.1 Å². The first-order valence-electron chi connectivity index (χ1n) is 11.7. The SMILES string of the molecule is COc1ccc(NS(=O)(=O)c2cc(NC(=O)C(CC(C)C)NC(=O)c3ccc(Cl)cc3Cl)ccc2C)cc1. The van der Waals surface area contributed by atoms with Gasteiger partial charge in [-0.1, -0.05) is 43.1 Å². The summed E-state index contributed by atoms with van der Waals surface area (Å²) in [5.41, 5.74) is 1.31. The van der Waals surface area contributed by atoms with E-state index in [-0.39, 0.29) is 27.1 Å². The molecule has 202 valence electrons. The van der Waals surface area contributed by atoms with Crippen molar-refractivity contribution in [3.8, 4) is 5.75 Å². The normalized spacial score (nSPS) is 12.1.